The highest BCUT2D eigenvalue weighted by atomic mass is 15.3. The van der Waals surface area contributed by atoms with E-state index in [1.165, 1.54) is 16.5 Å². The molecule has 0 aliphatic carbocycles. The Hall–Kier alpha value is -6.33. The highest BCUT2D eigenvalue weighted by Crippen LogP contribution is 2.48. The summed E-state index contributed by atoms with van der Waals surface area (Å²) >= 11 is 0. The monoisotopic (exact) mass is 589 g/mol. The number of rotatable bonds is 4. The summed E-state index contributed by atoms with van der Waals surface area (Å²) < 4.78 is 2.38. The standard InChI is InChI=1S/C41H27N5/c1-3-14-28(15-4-1)39-42-40(29-16-5-2-6-17-29)44-41(43-39)31-19-13-20-32(26-31)45-36-24-11-8-21-33(36)34-22-9-12-25-37(34)46-35-23-10-7-18-30(35)27-38(45)46/h1-27H. The molecule has 0 saturated carbocycles. The van der Waals surface area contributed by atoms with Gasteiger partial charge in [-0.25, -0.2) is 15.0 Å². The fourth-order valence-corrected chi connectivity index (χ4v) is 6.47. The van der Waals surface area contributed by atoms with Crippen molar-refractivity contribution in [2.75, 3.05) is 4.90 Å². The number of para-hydroxylation sites is 3. The molecule has 1 aliphatic rings. The van der Waals surface area contributed by atoms with Crippen LogP contribution in [0.2, 0.25) is 0 Å². The normalized spacial score (nSPS) is 11.9. The van der Waals surface area contributed by atoms with E-state index in [9.17, 15) is 0 Å². The number of hydrogen-bond acceptors (Lipinski definition) is 4. The average molecular weight is 590 g/mol. The zero-order valence-corrected chi connectivity index (χ0v) is 24.8. The number of fused-ring (bicyclic) bond motifs is 7. The average Bonchev–Trinajstić information content (AvgIpc) is 3.46. The third-order valence-electron chi connectivity index (χ3n) is 8.56. The lowest BCUT2D eigenvalue weighted by Crippen LogP contribution is -2.13. The van der Waals surface area contributed by atoms with E-state index in [2.05, 4.69) is 113 Å². The molecule has 9 rings (SSSR count). The maximum atomic E-state index is 5.01. The van der Waals surface area contributed by atoms with Crippen molar-refractivity contribution in [2.45, 2.75) is 0 Å². The van der Waals surface area contributed by atoms with Crippen molar-refractivity contribution in [1.82, 2.24) is 19.5 Å². The topological polar surface area (TPSA) is 46.8 Å². The van der Waals surface area contributed by atoms with Gasteiger partial charge in [-0.3, -0.25) is 9.47 Å². The molecule has 0 spiro atoms. The van der Waals surface area contributed by atoms with Gasteiger partial charge in [0.15, 0.2) is 17.5 Å². The molecule has 0 radical (unpaired) electrons. The van der Waals surface area contributed by atoms with Crippen molar-refractivity contribution in [3.8, 4) is 51.0 Å². The van der Waals surface area contributed by atoms with E-state index in [0.717, 1.165) is 45.1 Å². The highest BCUT2D eigenvalue weighted by Gasteiger charge is 2.28. The zero-order valence-electron chi connectivity index (χ0n) is 24.8. The number of hydrogen-bond donors (Lipinski definition) is 0. The Morgan fingerprint density at radius 2 is 0.913 bits per heavy atom. The van der Waals surface area contributed by atoms with Gasteiger partial charge in [-0.15, -0.1) is 0 Å². The molecule has 0 unspecified atom stereocenters. The Morgan fingerprint density at radius 3 is 1.61 bits per heavy atom. The lowest BCUT2D eigenvalue weighted by atomic mass is 10.0. The summed E-state index contributed by atoms with van der Waals surface area (Å²) in [5, 5.41) is 1.19. The minimum Gasteiger partial charge on any atom is -0.295 e. The Kier molecular flexibility index (Phi) is 6.06. The van der Waals surface area contributed by atoms with E-state index in [4.69, 9.17) is 15.0 Å². The number of benzene rings is 6. The van der Waals surface area contributed by atoms with Crippen molar-refractivity contribution in [1.29, 1.82) is 0 Å². The molecule has 0 N–H and O–H groups in total. The second-order valence-corrected chi connectivity index (χ2v) is 11.4. The second kappa shape index (κ2) is 10.7. The summed E-state index contributed by atoms with van der Waals surface area (Å²) in [6.07, 6.45) is 0. The van der Waals surface area contributed by atoms with E-state index in [1.807, 2.05) is 60.7 Å². The van der Waals surface area contributed by atoms with E-state index < -0.39 is 0 Å². The third-order valence-corrected chi connectivity index (χ3v) is 8.56. The van der Waals surface area contributed by atoms with Gasteiger partial charge in [0, 0.05) is 38.9 Å². The van der Waals surface area contributed by atoms with E-state index >= 15 is 0 Å². The zero-order chi connectivity index (χ0) is 30.5. The van der Waals surface area contributed by atoms with Crippen LogP contribution in [0.3, 0.4) is 0 Å². The van der Waals surface area contributed by atoms with Crippen LogP contribution in [0.25, 0.3) is 61.9 Å². The molecule has 1 aliphatic heterocycles. The third kappa shape index (κ3) is 4.29. The molecule has 0 amide bonds. The van der Waals surface area contributed by atoms with Crippen molar-refractivity contribution < 1.29 is 0 Å². The fourth-order valence-electron chi connectivity index (χ4n) is 6.47. The van der Waals surface area contributed by atoms with Crippen LogP contribution in [0, 0.1) is 0 Å². The molecule has 6 aromatic carbocycles. The van der Waals surface area contributed by atoms with Crippen LogP contribution in [0.4, 0.5) is 17.2 Å². The first-order chi connectivity index (χ1) is 22.8. The fraction of sp³-hybridized carbons (Fsp3) is 0. The van der Waals surface area contributed by atoms with Gasteiger partial charge in [-0.1, -0.05) is 127 Å². The second-order valence-electron chi connectivity index (χ2n) is 11.4. The first kappa shape index (κ1) is 26.1. The predicted molar refractivity (Wildman–Crippen MR) is 187 cm³/mol. The van der Waals surface area contributed by atoms with Gasteiger partial charge in [0.05, 0.1) is 16.9 Å². The van der Waals surface area contributed by atoms with Crippen LogP contribution in [-0.2, 0) is 0 Å². The first-order valence-electron chi connectivity index (χ1n) is 15.4. The van der Waals surface area contributed by atoms with Gasteiger partial charge in [-0.05, 0) is 36.4 Å². The molecule has 0 saturated heterocycles. The Morgan fingerprint density at radius 1 is 0.391 bits per heavy atom. The summed E-state index contributed by atoms with van der Waals surface area (Å²) in [5.41, 5.74) is 9.62. The highest BCUT2D eigenvalue weighted by molar-refractivity contribution is 5.99. The molecule has 0 atom stereocenters. The summed E-state index contributed by atoms with van der Waals surface area (Å²) in [4.78, 5) is 17.3. The molecular weight excluding hydrogens is 562 g/mol. The Bertz CT molecular complexity index is 2320. The molecule has 46 heavy (non-hydrogen) atoms. The SMILES string of the molecule is c1ccc(-c2nc(-c3ccccc3)nc(-c3cccc(N4c5ccccc5-c5ccccc5-n5c4cc4ccccc45)c3)n2)cc1. The minimum absolute atomic E-state index is 0.626. The first-order valence-corrected chi connectivity index (χ1v) is 15.4. The summed E-state index contributed by atoms with van der Waals surface area (Å²) in [6, 6.07) is 56.9. The minimum atomic E-state index is 0.626. The van der Waals surface area contributed by atoms with Gasteiger partial charge in [-0.2, -0.15) is 0 Å². The van der Waals surface area contributed by atoms with E-state index in [1.54, 1.807) is 0 Å². The van der Waals surface area contributed by atoms with E-state index in [0.29, 0.717) is 17.5 Å². The molecule has 2 aromatic heterocycles. The van der Waals surface area contributed by atoms with E-state index in [-0.39, 0.29) is 0 Å². The van der Waals surface area contributed by atoms with Crippen LogP contribution < -0.4 is 4.90 Å². The number of nitrogens with zero attached hydrogens (tertiary/aromatic N) is 5. The predicted octanol–water partition coefficient (Wildman–Crippen LogP) is 10.3. The van der Waals surface area contributed by atoms with Crippen LogP contribution in [0.1, 0.15) is 0 Å². The summed E-state index contributed by atoms with van der Waals surface area (Å²) in [5.74, 6) is 2.99. The van der Waals surface area contributed by atoms with Gasteiger partial charge in [0.2, 0.25) is 0 Å². The van der Waals surface area contributed by atoms with Crippen molar-refractivity contribution in [3.63, 3.8) is 0 Å². The molecule has 5 heteroatoms. The molecule has 216 valence electrons. The van der Waals surface area contributed by atoms with Crippen LogP contribution in [0.5, 0.6) is 0 Å². The van der Waals surface area contributed by atoms with Gasteiger partial charge in [0.1, 0.15) is 5.82 Å². The quantitative estimate of drug-likeness (QED) is 0.205. The van der Waals surface area contributed by atoms with Crippen LogP contribution in [-0.4, -0.2) is 19.5 Å². The molecule has 3 heterocycles. The maximum Gasteiger partial charge on any atom is 0.164 e. The molecule has 0 bridgehead atoms. The summed E-state index contributed by atoms with van der Waals surface area (Å²) in [7, 11) is 0. The van der Waals surface area contributed by atoms with Crippen molar-refractivity contribution in [3.05, 3.63) is 164 Å². The Balaban J connectivity index is 1.27. The molecule has 8 aromatic rings. The van der Waals surface area contributed by atoms with Crippen molar-refractivity contribution >= 4 is 28.1 Å². The molecular formula is C41H27N5. The summed E-state index contributed by atoms with van der Waals surface area (Å²) in [6.45, 7) is 0. The molecule has 0 fully saturated rings. The van der Waals surface area contributed by atoms with Crippen LogP contribution in [0.15, 0.2) is 164 Å². The number of aromatic nitrogens is 4. The Labute approximate surface area is 266 Å². The lowest BCUT2D eigenvalue weighted by molar-refractivity contribution is 1.07. The smallest absolute Gasteiger partial charge is 0.164 e. The molecule has 5 nitrogen and oxygen atoms in total. The number of anilines is 3. The van der Waals surface area contributed by atoms with Gasteiger partial charge >= 0.3 is 0 Å². The van der Waals surface area contributed by atoms with Gasteiger partial charge < -0.3 is 0 Å². The van der Waals surface area contributed by atoms with Gasteiger partial charge in [0.25, 0.3) is 0 Å². The van der Waals surface area contributed by atoms with Crippen molar-refractivity contribution in [2.24, 2.45) is 0 Å². The largest absolute Gasteiger partial charge is 0.295 e. The lowest BCUT2D eigenvalue weighted by Gasteiger charge is -2.26. The maximum absolute atomic E-state index is 5.01. The van der Waals surface area contributed by atoms with Crippen LogP contribution >= 0.6 is 0 Å².